The van der Waals surface area contributed by atoms with Gasteiger partial charge >= 0.3 is 5.97 Å². The van der Waals surface area contributed by atoms with Gasteiger partial charge in [-0.15, -0.1) is 0 Å². The minimum absolute atomic E-state index is 0.0198. The van der Waals surface area contributed by atoms with Crippen LogP contribution >= 0.6 is 27.5 Å². The number of carbonyl (C=O) groups is 2. The number of aromatic hydroxyl groups is 1. The van der Waals surface area contributed by atoms with Crippen molar-refractivity contribution in [2.24, 2.45) is 0 Å². The van der Waals surface area contributed by atoms with E-state index in [9.17, 15) is 14.7 Å². The number of halogens is 2. The molecule has 2 N–H and O–H groups in total. The molecule has 0 heterocycles. The predicted octanol–water partition coefficient (Wildman–Crippen LogP) is 3.60. The predicted molar refractivity (Wildman–Crippen MR) is 86.2 cm³/mol. The fourth-order valence-corrected chi connectivity index (χ4v) is 2.10. The third kappa shape index (κ3) is 4.47. The Morgan fingerprint density at radius 2 is 1.86 bits per heavy atom. The van der Waals surface area contributed by atoms with E-state index in [2.05, 4.69) is 21.2 Å². The normalized spacial score (nSPS) is 10.1. The molecule has 0 fully saturated rings. The Kier molecular flexibility index (Phi) is 5.41. The molecular formula is C15H11BrClNO4. The van der Waals surface area contributed by atoms with Gasteiger partial charge in [-0.2, -0.15) is 0 Å². The molecule has 0 aliphatic heterocycles. The Labute approximate surface area is 140 Å². The van der Waals surface area contributed by atoms with Gasteiger partial charge in [0.25, 0.3) is 5.91 Å². The van der Waals surface area contributed by atoms with E-state index in [4.69, 9.17) is 16.3 Å². The van der Waals surface area contributed by atoms with Gasteiger partial charge in [0.2, 0.25) is 0 Å². The molecule has 0 aromatic heterocycles. The highest BCUT2D eigenvalue weighted by atomic mass is 79.9. The third-order valence-electron chi connectivity index (χ3n) is 2.64. The number of nitrogens with one attached hydrogen (secondary N) is 1. The molecule has 2 rings (SSSR count). The first-order valence-corrected chi connectivity index (χ1v) is 7.34. The number of esters is 1. The third-order valence-corrected chi connectivity index (χ3v) is 3.39. The van der Waals surface area contributed by atoms with Gasteiger partial charge < -0.3 is 15.2 Å². The number of ether oxygens (including phenoxy) is 1. The molecule has 0 saturated carbocycles. The van der Waals surface area contributed by atoms with Crippen molar-refractivity contribution in [1.29, 1.82) is 0 Å². The van der Waals surface area contributed by atoms with Crippen LogP contribution in [0.2, 0.25) is 5.02 Å². The molecule has 1 amide bonds. The van der Waals surface area contributed by atoms with E-state index < -0.39 is 18.5 Å². The molecule has 0 aliphatic carbocycles. The number of carbonyl (C=O) groups excluding carboxylic acids is 2. The molecule has 0 unspecified atom stereocenters. The number of anilines is 1. The number of hydrogen-bond donors (Lipinski definition) is 2. The lowest BCUT2D eigenvalue weighted by molar-refractivity contribution is -0.119. The van der Waals surface area contributed by atoms with Gasteiger partial charge in [-0.1, -0.05) is 27.5 Å². The van der Waals surface area contributed by atoms with Crippen LogP contribution in [-0.4, -0.2) is 23.6 Å². The van der Waals surface area contributed by atoms with Gasteiger partial charge in [0, 0.05) is 15.2 Å². The van der Waals surface area contributed by atoms with Crippen LogP contribution in [0.1, 0.15) is 10.4 Å². The molecule has 5 nitrogen and oxygen atoms in total. The summed E-state index contributed by atoms with van der Waals surface area (Å²) < 4.78 is 5.48. The van der Waals surface area contributed by atoms with Crippen LogP contribution in [0.25, 0.3) is 0 Å². The van der Waals surface area contributed by atoms with E-state index in [-0.39, 0.29) is 11.3 Å². The molecule has 0 saturated heterocycles. The Hall–Kier alpha value is -2.05. The SMILES string of the molecule is O=C(COC(=O)c1cc(Br)ccc1O)Nc1ccc(Cl)cc1. The largest absolute Gasteiger partial charge is 0.507 e. The van der Waals surface area contributed by atoms with Crippen LogP contribution in [0.3, 0.4) is 0 Å². The lowest BCUT2D eigenvalue weighted by Crippen LogP contribution is -2.20. The molecule has 22 heavy (non-hydrogen) atoms. The average molecular weight is 385 g/mol. The highest BCUT2D eigenvalue weighted by Crippen LogP contribution is 2.22. The summed E-state index contributed by atoms with van der Waals surface area (Å²) in [5.74, 6) is -1.50. The van der Waals surface area contributed by atoms with Gasteiger partial charge in [-0.25, -0.2) is 4.79 Å². The zero-order valence-corrected chi connectivity index (χ0v) is 13.5. The lowest BCUT2D eigenvalue weighted by atomic mass is 10.2. The molecule has 0 bridgehead atoms. The van der Waals surface area contributed by atoms with Crippen LogP contribution in [-0.2, 0) is 9.53 Å². The number of phenolic OH excluding ortho intramolecular Hbond substituents is 1. The lowest BCUT2D eigenvalue weighted by Gasteiger charge is -2.08. The van der Waals surface area contributed by atoms with Crippen LogP contribution < -0.4 is 5.32 Å². The molecule has 0 aliphatic rings. The van der Waals surface area contributed by atoms with E-state index >= 15 is 0 Å². The van der Waals surface area contributed by atoms with Crippen molar-refractivity contribution in [2.45, 2.75) is 0 Å². The number of rotatable bonds is 4. The van der Waals surface area contributed by atoms with Crippen molar-refractivity contribution in [3.63, 3.8) is 0 Å². The molecule has 0 spiro atoms. The summed E-state index contributed by atoms with van der Waals surface area (Å²) in [4.78, 5) is 23.5. The molecule has 7 heteroatoms. The molecular weight excluding hydrogens is 374 g/mol. The smallest absolute Gasteiger partial charge is 0.342 e. The number of hydrogen-bond acceptors (Lipinski definition) is 4. The summed E-state index contributed by atoms with van der Waals surface area (Å²) in [6, 6.07) is 10.9. The van der Waals surface area contributed by atoms with Crippen molar-refractivity contribution in [1.82, 2.24) is 0 Å². The van der Waals surface area contributed by atoms with Gasteiger partial charge in [-0.05, 0) is 42.5 Å². The van der Waals surface area contributed by atoms with Crippen LogP contribution in [0.4, 0.5) is 5.69 Å². The van der Waals surface area contributed by atoms with Crippen LogP contribution in [0.15, 0.2) is 46.9 Å². The molecule has 2 aromatic rings. The summed E-state index contributed by atoms with van der Waals surface area (Å²) >= 11 is 8.92. The Bertz CT molecular complexity index is 703. The Balaban J connectivity index is 1.91. The minimum Gasteiger partial charge on any atom is -0.507 e. The summed E-state index contributed by atoms with van der Waals surface area (Å²) in [6.07, 6.45) is 0. The van der Waals surface area contributed by atoms with Gasteiger partial charge in [0.15, 0.2) is 6.61 Å². The molecule has 114 valence electrons. The van der Waals surface area contributed by atoms with Crippen LogP contribution in [0, 0.1) is 0 Å². The zero-order valence-electron chi connectivity index (χ0n) is 11.2. The first kappa shape index (κ1) is 16.3. The van der Waals surface area contributed by atoms with Crippen molar-refractivity contribution in [3.05, 3.63) is 57.5 Å². The van der Waals surface area contributed by atoms with E-state index in [1.165, 1.54) is 12.1 Å². The summed E-state index contributed by atoms with van der Waals surface area (Å²) in [5, 5.41) is 12.7. The summed E-state index contributed by atoms with van der Waals surface area (Å²) in [5.41, 5.74) is 0.518. The first-order valence-electron chi connectivity index (χ1n) is 6.17. The maximum atomic E-state index is 11.8. The van der Waals surface area contributed by atoms with Gasteiger partial charge in [0.1, 0.15) is 11.3 Å². The van der Waals surface area contributed by atoms with Crippen molar-refractivity contribution in [2.75, 3.05) is 11.9 Å². The maximum Gasteiger partial charge on any atom is 0.342 e. The topological polar surface area (TPSA) is 75.6 Å². The highest BCUT2D eigenvalue weighted by molar-refractivity contribution is 9.10. The fourth-order valence-electron chi connectivity index (χ4n) is 1.61. The minimum atomic E-state index is -0.787. The fraction of sp³-hybridized carbons (Fsp3) is 0.0667. The molecule has 0 radical (unpaired) electrons. The first-order chi connectivity index (χ1) is 10.5. The second kappa shape index (κ2) is 7.29. The Morgan fingerprint density at radius 3 is 2.55 bits per heavy atom. The van der Waals surface area contributed by atoms with Gasteiger partial charge in [0.05, 0.1) is 0 Å². The maximum absolute atomic E-state index is 11.8. The van der Waals surface area contributed by atoms with Crippen molar-refractivity contribution < 1.29 is 19.4 Å². The highest BCUT2D eigenvalue weighted by Gasteiger charge is 2.15. The Morgan fingerprint density at radius 1 is 1.18 bits per heavy atom. The zero-order chi connectivity index (χ0) is 16.1. The second-order valence-electron chi connectivity index (χ2n) is 4.29. The summed E-state index contributed by atoms with van der Waals surface area (Å²) in [6.45, 7) is -0.465. The second-order valence-corrected chi connectivity index (χ2v) is 5.64. The van der Waals surface area contributed by atoms with Crippen molar-refractivity contribution in [3.8, 4) is 5.75 Å². The number of phenols is 1. The van der Waals surface area contributed by atoms with E-state index in [0.29, 0.717) is 15.2 Å². The van der Waals surface area contributed by atoms with E-state index in [1.807, 2.05) is 0 Å². The standard InChI is InChI=1S/C15H11BrClNO4/c16-9-1-6-13(19)12(7-9)15(21)22-8-14(20)18-11-4-2-10(17)3-5-11/h1-7,19H,8H2,(H,18,20). The van der Waals surface area contributed by atoms with E-state index in [1.54, 1.807) is 30.3 Å². The van der Waals surface area contributed by atoms with E-state index in [0.717, 1.165) is 0 Å². The average Bonchev–Trinajstić information content (AvgIpc) is 2.49. The van der Waals surface area contributed by atoms with Gasteiger partial charge in [-0.3, -0.25) is 4.79 Å². The van der Waals surface area contributed by atoms with Crippen LogP contribution in [0.5, 0.6) is 5.75 Å². The number of amides is 1. The molecule has 2 aromatic carbocycles. The molecule has 0 atom stereocenters. The van der Waals surface area contributed by atoms with Crippen molar-refractivity contribution >= 4 is 45.1 Å². The quantitative estimate of drug-likeness (QED) is 0.790. The number of benzene rings is 2. The summed E-state index contributed by atoms with van der Waals surface area (Å²) in [7, 11) is 0. The monoisotopic (exact) mass is 383 g/mol.